The van der Waals surface area contributed by atoms with Gasteiger partial charge in [-0.15, -0.1) is 0 Å². The number of benzene rings is 2. The van der Waals surface area contributed by atoms with Crippen LogP contribution in [-0.2, 0) is 4.79 Å². The predicted molar refractivity (Wildman–Crippen MR) is 82.2 cm³/mol. The molecule has 0 heterocycles. The highest BCUT2D eigenvalue weighted by molar-refractivity contribution is 5.47. The first-order valence-electron chi connectivity index (χ1n) is 6.19. The maximum Gasteiger partial charge on any atom is 0.117 e. The number of hydrogen-bond donors (Lipinski definition) is 3. The monoisotopic (exact) mass is 275 g/mol. The predicted octanol–water partition coefficient (Wildman–Crippen LogP) is 3.34. The van der Waals surface area contributed by atoms with E-state index in [0.717, 1.165) is 17.8 Å². The molecular weight excluding hydrogens is 254 g/mol. The van der Waals surface area contributed by atoms with Gasteiger partial charge in [-0.2, -0.15) is 0 Å². The van der Waals surface area contributed by atoms with Crippen LogP contribution in [0.25, 0.3) is 0 Å². The van der Waals surface area contributed by atoms with Gasteiger partial charge in [-0.05, 0) is 43.7 Å². The molecule has 0 unspecified atom stereocenters. The molecule has 2 rings (SSSR count). The smallest absolute Gasteiger partial charge is 0.117 e. The first kappa shape index (κ1) is 17.5. The molecule has 3 N–H and O–H groups in total. The molecule has 108 valence electrons. The van der Waals surface area contributed by atoms with Crippen molar-refractivity contribution >= 4 is 12.5 Å². The second kappa shape index (κ2) is 10.4. The Morgan fingerprint density at radius 2 is 1.55 bits per heavy atom. The zero-order valence-electron chi connectivity index (χ0n) is 11.8. The van der Waals surface area contributed by atoms with Crippen molar-refractivity contribution in [2.75, 3.05) is 11.9 Å². The fraction of sp³-hybridized carbons (Fsp3) is 0.188. The Morgan fingerprint density at radius 3 is 1.95 bits per heavy atom. The van der Waals surface area contributed by atoms with Crippen LogP contribution in [0.5, 0.6) is 11.5 Å². The van der Waals surface area contributed by atoms with Crippen LogP contribution in [0.4, 0.5) is 5.69 Å². The average molecular weight is 275 g/mol. The third kappa shape index (κ3) is 7.76. The summed E-state index contributed by atoms with van der Waals surface area (Å²) in [4.78, 5) is 8.00. The SMILES string of the molecule is C=O.CCNc1cccc(O)c1.Cc1cccc(O)c1. The number of aromatic hydroxyl groups is 2. The fourth-order valence-electron chi connectivity index (χ4n) is 1.45. The number of carbonyl (C=O) groups is 1. The van der Waals surface area contributed by atoms with Crippen LogP contribution < -0.4 is 5.32 Å². The highest BCUT2D eigenvalue weighted by Gasteiger charge is 1.89. The van der Waals surface area contributed by atoms with Crippen LogP contribution >= 0.6 is 0 Å². The number of phenols is 2. The van der Waals surface area contributed by atoms with E-state index in [0.29, 0.717) is 11.5 Å². The van der Waals surface area contributed by atoms with Crippen molar-refractivity contribution in [2.45, 2.75) is 13.8 Å². The molecule has 0 fully saturated rings. The van der Waals surface area contributed by atoms with Crippen molar-refractivity contribution in [2.24, 2.45) is 0 Å². The number of anilines is 1. The summed E-state index contributed by atoms with van der Waals surface area (Å²) in [5, 5.41) is 20.9. The molecule has 4 nitrogen and oxygen atoms in total. The summed E-state index contributed by atoms with van der Waals surface area (Å²) >= 11 is 0. The fourth-order valence-corrected chi connectivity index (χ4v) is 1.45. The Kier molecular flexibility index (Phi) is 9.14. The van der Waals surface area contributed by atoms with Gasteiger partial charge in [0.1, 0.15) is 18.3 Å². The van der Waals surface area contributed by atoms with E-state index in [1.54, 1.807) is 24.3 Å². The van der Waals surface area contributed by atoms with Gasteiger partial charge in [0.15, 0.2) is 0 Å². The van der Waals surface area contributed by atoms with Gasteiger partial charge in [0, 0.05) is 18.3 Å². The van der Waals surface area contributed by atoms with E-state index < -0.39 is 0 Å². The van der Waals surface area contributed by atoms with Crippen LogP contribution in [0.2, 0.25) is 0 Å². The Bertz CT molecular complexity index is 483. The van der Waals surface area contributed by atoms with Gasteiger partial charge in [0.05, 0.1) is 0 Å². The Balaban J connectivity index is 0.000000327. The number of rotatable bonds is 2. The van der Waals surface area contributed by atoms with Crippen molar-refractivity contribution in [3.05, 3.63) is 54.1 Å². The van der Waals surface area contributed by atoms with Gasteiger partial charge >= 0.3 is 0 Å². The van der Waals surface area contributed by atoms with E-state index in [4.69, 9.17) is 15.0 Å². The molecule has 4 heteroatoms. The Hall–Kier alpha value is -2.49. The summed E-state index contributed by atoms with van der Waals surface area (Å²) in [5.74, 6) is 0.642. The van der Waals surface area contributed by atoms with Crippen LogP contribution in [0.15, 0.2) is 48.5 Å². The van der Waals surface area contributed by atoms with Gasteiger partial charge in [-0.3, -0.25) is 0 Å². The van der Waals surface area contributed by atoms with Crippen molar-refractivity contribution in [3.8, 4) is 11.5 Å². The molecule has 0 saturated heterocycles. The van der Waals surface area contributed by atoms with Crippen molar-refractivity contribution < 1.29 is 15.0 Å². The van der Waals surface area contributed by atoms with E-state index in [-0.39, 0.29) is 0 Å². The Labute approximate surface area is 119 Å². The molecular formula is C16H21NO3. The minimum Gasteiger partial charge on any atom is -0.508 e. The second-order valence-corrected chi connectivity index (χ2v) is 3.92. The standard InChI is InChI=1S/C8H11NO.C7H8O.CH2O/c1-2-9-7-4-3-5-8(10)6-7;1-6-3-2-4-7(8)5-6;1-2/h3-6,9-10H,2H2,1H3;2-5,8H,1H3;1H2. The molecule has 0 spiro atoms. The molecule has 0 amide bonds. The molecule has 2 aromatic carbocycles. The van der Waals surface area contributed by atoms with Crippen molar-refractivity contribution in [1.82, 2.24) is 0 Å². The third-order valence-electron chi connectivity index (χ3n) is 2.23. The minimum absolute atomic E-state index is 0.304. The molecule has 0 radical (unpaired) electrons. The lowest BCUT2D eigenvalue weighted by atomic mass is 10.2. The lowest BCUT2D eigenvalue weighted by Gasteiger charge is -2.01. The second-order valence-electron chi connectivity index (χ2n) is 3.92. The molecule has 0 aromatic heterocycles. The average Bonchev–Trinajstić information content (AvgIpc) is 2.42. The van der Waals surface area contributed by atoms with E-state index in [9.17, 15) is 0 Å². The lowest BCUT2D eigenvalue weighted by Crippen LogP contribution is -1.94. The van der Waals surface area contributed by atoms with Gasteiger partial charge in [-0.25, -0.2) is 0 Å². The molecule has 0 aliphatic heterocycles. The maximum atomic E-state index is 9.00. The summed E-state index contributed by atoms with van der Waals surface area (Å²) in [6.45, 7) is 6.84. The van der Waals surface area contributed by atoms with Gasteiger partial charge < -0.3 is 20.3 Å². The first-order valence-corrected chi connectivity index (χ1v) is 6.19. The van der Waals surface area contributed by atoms with Crippen LogP contribution in [0.3, 0.4) is 0 Å². The van der Waals surface area contributed by atoms with E-state index in [1.807, 2.05) is 44.9 Å². The highest BCUT2D eigenvalue weighted by atomic mass is 16.3. The zero-order chi connectivity index (χ0) is 15.4. The number of hydrogen-bond acceptors (Lipinski definition) is 4. The summed E-state index contributed by atoms with van der Waals surface area (Å²) < 4.78 is 0. The van der Waals surface area contributed by atoms with Gasteiger partial charge in [0.25, 0.3) is 0 Å². The largest absolute Gasteiger partial charge is 0.508 e. The van der Waals surface area contributed by atoms with Crippen LogP contribution in [-0.4, -0.2) is 23.5 Å². The first-order chi connectivity index (χ1) is 9.61. The van der Waals surface area contributed by atoms with Crippen molar-refractivity contribution in [1.29, 1.82) is 0 Å². The van der Waals surface area contributed by atoms with Gasteiger partial charge in [-0.1, -0.05) is 18.2 Å². The summed E-state index contributed by atoms with van der Waals surface area (Å²) in [5.41, 5.74) is 2.05. The normalized spacial score (nSPS) is 8.50. The molecule has 0 saturated carbocycles. The Morgan fingerprint density at radius 1 is 1.00 bits per heavy atom. The zero-order valence-corrected chi connectivity index (χ0v) is 11.8. The van der Waals surface area contributed by atoms with E-state index in [1.165, 1.54) is 0 Å². The van der Waals surface area contributed by atoms with E-state index >= 15 is 0 Å². The van der Waals surface area contributed by atoms with Crippen LogP contribution in [0, 0.1) is 6.92 Å². The molecule has 0 bridgehead atoms. The molecule has 0 aliphatic carbocycles. The maximum absolute atomic E-state index is 9.00. The van der Waals surface area contributed by atoms with Crippen molar-refractivity contribution in [3.63, 3.8) is 0 Å². The summed E-state index contributed by atoms with van der Waals surface area (Å²) in [7, 11) is 0. The molecule has 20 heavy (non-hydrogen) atoms. The number of carbonyl (C=O) groups excluding carboxylic acids is 1. The van der Waals surface area contributed by atoms with E-state index in [2.05, 4.69) is 5.32 Å². The molecule has 0 aliphatic rings. The topological polar surface area (TPSA) is 69.6 Å². The number of phenolic OH excluding ortho intramolecular Hbond substituents is 2. The minimum atomic E-state index is 0.304. The lowest BCUT2D eigenvalue weighted by molar-refractivity contribution is -0.0979. The molecule has 0 atom stereocenters. The quantitative estimate of drug-likeness (QED) is 0.786. The van der Waals surface area contributed by atoms with Gasteiger partial charge in [0.2, 0.25) is 0 Å². The third-order valence-corrected chi connectivity index (χ3v) is 2.23. The molecule has 2 aromatic rings. The highest BCUT2D eigenvalue weighted by Crippen LogP contribution is 2.14. The summed E-state index contributed by atoms with van der Waals surface area (Å²) in [6.07, 6.45) is 0. The van der Waals surface area contributed by atoms with Crippen LogP contribution in [0.1, 0.15) is 12.5 Å². The number of aryl methyl sites for hydroxylation is 1. The number of nitrogens with one attached hydrogen (secondary N) is 1. The summed E-state index contributed by atoms with van der Waals surface area (Å²) in [6, 6.07) is 14.2.